The Morgan fingerprint density at radius 2 is 1.74 bits per heavy atom. The SMILES string of the molecule is CC(CO)(Nc1ccccc1)c1cccc(Cl)c1Cl. The number of nitrogens with one attached hydrogen (secondary N) is 1. The van der Waals surface area contributed by atoms with E-state index >= 15 is 0 Å². The van der Waals surface area contributed by atoms with Gasteiger partial charge in [0.2, 0.25) is 0 Å². The number of aliphatic hydroxyl groups excluding tert-OH is 1. The highest BCUT2D eigenvalue weighted by Crippen LogP contribution is 2.35. The number of benzene rings is 2. The molecule has 1 unspecified atom stereocenters. The van der Waals surface area contributed by atoms with E-state index in [2.05, 4.69) is 5.32 Å². The average molecular weight is 296 g/mol. The molecule has 2 nitrogen and oxygen atoms in total. The maximum atomic E-state index is 9.75. The zero-order valence-electron chi connectivity index (χ0n) is 10.5. The van der Waals surface area contributed by atoms with Crippen molar-refractivity contribution in [3.63, 3.8) is 0 Å². The molecule has 0 heterocycles. The van der Waals surface area contributed by atoms with Gasteiger partial charge in [0.25, 0.3) is 0 Å². The molecule has 2 N–H and O–H groups in total. The topological polar surface area (TPSA) is 32.3 Å². The standard InChI is InChI=1S/C15H15Cl2NO/c1-15(10-19,18-11-6-3-2-4-7-11)12-8-5-9-13(16)14(12)17/h2-9,18-19H,10H2,1H3. The van der Waals surface area contributed by atoms with Gasteiger partial charge in [-0.1, -0.05) is 53.5 Å². The van der Waals surface area contributed by atoms with Gasteiger partial charge in [0.15, 0.2) is 0 Å². The molecule has 0 aliphatic rings. The summed E-state index contributed by atoms with van der Waals surface area (Å²) in [4.78, 5) is 0. The summed E-state index contributed by atoms with van der Waals surface area (Å²) in [5.41, 5.74) is 0.992. The Morgan fingerprint density at radius 1 is 1.05 bits per heavy atom. The third kappa shape index (κ3) is 3.03. The second kappa shape index (κ2) is 5.83. The van der Waals surface area contributed by atoms with Crippen LogP contribution in [-0.2, 0) is 5.54 Å². The smallest absolute Gasteiger partial charge is 0.0843 e. The van der Waals surface area contributed by atoms with Crippen LogP contribution >= 0.6 is 23.2 Å². The molecule has 0 aromatic heterocycles. The monoisotopic (exact) mass is 295 g/mol. The molecule has 0 radical (unpaired) electrons. The van der Waals surface area contributed by atoms with Crippen LogP contribution in [0, 0.1) is 0 Å². The van der Waals surface area contributed by atoms with E-state index in [1.54, 1.807) is 6.07 Å². The van der Waals surface area contributed by atoms with E-state index < -0.39 is 5.54 Å². The van der Waals surface area contributed by atoms with E-state index in [0.29, 0.717) is 10.0 Å². The predicted molar refractivity (Wildman–Crippen MR) is 81.0 cm³/mol. The van der Waals surface area contributed by atoms with Gasteiger partial charge in [-0.15, -0.1) is 0 Å². The van der Waals surface area contributed by atoms with E-state index in [4.69, 9.17) is 23.2 Å². The third-order valence-corrected chi connectivity index (χ3v) is 3.88. The summed E-state index contributed by atoms with van der Waals surface area (Å²) >= 11 is 12.3. The van der Waals surface area contributed by atoms with Crippen LogP contribution in [0.15, 0.2) is 48.5 Å². The van der Waals surface area contributed by atoms with Gasteiger partial charge in [-0.25, -0.2) is 0 Å². The summed E-state index contributed by atoms with van der Waals surface area (Å²) in [6.45, 7) is 1.79. The highest BCUT2D eigenvalue weighted by atomic mass is 35.5. The molecule has 0 aliphatic heterocycles. The fourth-order valence-electron chi connectivity index (χ4n) is 1.96. The van der Waals surface area contributed by atoms with E-state index in [9.17, 15) is 5.11 Å². The number of halogens is 2. The minimum absolute atomic E-state index is 0.0953. The van der Waals surface area contributed by atoms with Crippen molar-refractivity contribution in [3.8, 4) is 0 Å². The Morgan fingerprint density at radius 3 is 2.37 bits per heavy atom. The van der Waals surface area contributed by atoms with Crippen LogP contribution in [0.5, 0.6) is 0 Å². The molecule has 0 spiro atoms. The molecule has 0 amide bonds. The molecular formula is C15H15Cl2NO. The molecule has 2 aromatic rings. The maximum Gasteiger partial charge on any atom is 0.0843 e. The van der Waals surface area contributed by atoms with Gasteiger partial charge in [0.1, 0.15) is 0 Å². The van der Waals surface area contributed by atoms with Crippen molar-refractivity contribution in [3.05, 3.63) is 64.1 Å². The molecule has 0 bridgehead atoms. The zero-order chi connectivity index (χ0) is 13.9. The van der Waals surface area contributed by atoms with Crippen molar-refractivity contribution in [2.45, 2.75) is 12.5 Å². The van der Waals surface area contributed by atoms with Crippen LogP contribution in [0.25, 0.3) is 0 Å². The normalized spacial score (nSPS) is 13.9. The van der Waals surface area contributed by atoms with Crippen LogP contribution < -0.4 is 5.32 Å². The highest BCUT2D eigenvalue weighted by Gasteiger charge is 2.28. The van der Waals surface area contributed by atoms with Gasteiger partial charge in [0, 0.05) is 5.69 Å². The molecule has 100 valence electrons. The van der Waals surface area contributed by atoms with Crippen molar-refractivity contribution in [1.82, 2.24) is 0 Å². The van der Waals surface area contributed by atoms with E-state index in [-0.39, 0.29) is 6.61 Å². The Hall–Kier alpha value is -1.22. The maximum absolute atomic E-state index is 9.75. The molecule has 1 atom stereocenters. The van der Waals surface area contributed by atoms with Crippen molar-refractivity contribution in [2.75, 3.05) is 11.9 Å². The highest BCUT2D eigenvalue weighted by molar-refractivity contribution is 6.42. The van der Waals surface area contributed by atoms with Gasteiger partial charge in [-0.05, 0) is 30.7 Å². The van der Waals surface area contributed by atoms with Crippen molar-refractivity contribution in [2.24, 2.45) is 0 Å². The third-order valence-electron chi connectivity index (χ3n) is 3.06. The first-order valence-electron chi connectivity index (χ1n) is 5.95. The van der Waals surface area contributed by atoms with Crippen molar-refractivity contribution in [1.29, 1.82) is 0 Å². The fraction of sp³-hybridized carbons (Fsp3) is 0.200. The molecule has 2 rings (SSSR count). The lowest BCUT2D eigenvalue weighted by molar-refractivity contribution is 0.224. The van der Waals surface area contributed by atoms with Crippen LogP contribution in [0.4, 0.5) is 5.69 Å². The number of para-hydroxylation sites is 1. The van der Waals surface area contributed by atoms with Gasteiger partial charge < -0.3 is 10.4 Å². The fourth-order valence-corrected chi connectivity index (χ4v) is 2.47. The zero-order valence-corrected chi connectivity index (χ0v) is 12.0. The van der Waals surface area contributed by atoms with Crippen LogP contribution in [0.1, 0.15) is 12.5 Å². The Labute approximate surface area is 123 Å². The van der Waals surface area contributed by atoms with Crippen molar-refractivity contribution >= 4 is 28.9 Å². The summed E-state index contributed by atoms with van der Waals surface area (Å²) < 4.78 is 0. The summed E-state index contributed by atoms with van der Waals surface area (Å²) in [5, 5.41) is 14.0. The molecule has 0 saturated carbocycles. The minimum Gasteiger partial charge on any atom is -0.394 e. The molecule has 0 saturated heterocycles. The first-order chi connectivity index (χ1) is 9.07. The number of hydrogen-bond acceptors (Lipinski definition) is 2. The average Bonchev–Trinajstić information content (AvgIpc) is 2.43. The van der Waals surface area contributed by atoms with Crippen molar-refractivity contribution < 1.29 is 5.11 Å². The second-order valence-corrected chi connectivity index (χ2v) is 5.37. The summed E-state index contributed by atoms with van der Waals surface area (Å²) in [6, 6.07) is 15.1. The van der Waals surface area contributed by atoms with E-state index in [1.807, 2.05) is 49.4 Å². The second-order valence-electron chi connectivity index (χ2n) is 4.58. The molecule has 19 heavy (non-hydrogen) atoms. The van der Waals surface area contributed by atoms with Gasteiger partial charge in [-0.2, -0.15) is 0 Å². The first kappa shape index (κ1) is 14.2. The number of anilines is 1. The number of hydrogen-bond donors (Lipinski definition) is 2. The predicted octanol–water partition coefficient (Wildman–Crippen LogP) is 4.31. The van der Waals surface area contributed by atoms with E-state index in [0.717, 1.165) is 11.3 Å². The Bertz CT molecular complexity index is 559. The minimum atomic E-state index is -0.691. The number of aliphatic hydroxyl groups is 1. The molecular weight excluding hydrogens is 281 g/mol. The Balaban J connectivity index is 2.40. The Kier molecular flexibility index (Phi) is 4.35. The summed E-state index contributed by atoms with van der Waals surface area (Å²) in [6.07, 6.45) is 0. The first-order valence-corrected chi connectivity index (χ1v) is 6.71. The van der Waals surface area contributed by atoms with E-state index in [1.165, 1.54) is 0 Å². The molecule has 4 heteroatoms. The van der Waals surface area contributed by atoms with Crippen LogP contribution in [0.2, 0.25) is 10.0 Å². The number of rotatable bonds is 4. The van der Waals surface area contributed by atoms with Crippen LogP contribution in [-0.4, -0.2) is 11.7 Å². The molecule has 2 aromatic carbocycles. The lowest BCUT2D eigenvalue weighted by atomic mass is 9.92. The lowest BCUT2D eigenvalue weighted by Crippen LogP contribution is -2.36. The molecule has 0 fully saturated rings. The van der Waals surface area contributed by atoms with Crippen LogP contribution in [0.3, 0.4) is 0 Å². The van der Waals surface area contributed by atoms with Gasteiger partial charge in [0.05, 0.1) is 22.2 Å². The lowest BCUT2D eigenvalue weighted by Gasteiger charge is -2.31. The van der Waals surface area contributed by atoms with Gasteiger partial charge >= 0.3 is 0 Å². The quantitative estimate of drug-likeness (QED) is 0.881. The summed E-state index contributed by atoms with van der Waals surface area (Å²) in [7, 11) is 0. The largest absolute Gasteiger partial charge is 0.394 e. The molecule has 0 aliphatic carbocycles. The summed E-state index contributed by atoms with van der Waals surface area (Å²) in [5.74, 6) is 0. The van der Waals surface area contributed by atoms with Gasteiger partial charge in [-0.3, -0.25) is 0 Å².